The Balaban J connectivity index is 2.40. The second-order valence-electron chi connectivity index (χ2n) is 2.53. The molecule has 72 valence electrons. The van der Waals surface area contributed by atoms with Gasteiger partial charge in [-0.25, -0.2) is 0 Å². The van der Waals surface area contributed by atoms with Crippen molar-refractivity contribution in [1.29, 1.82) is 0 Å². The highest BCUT2D eigenvalue weighted by atomic mass is 79.9. The van der Waals surface area contributed by atoms with Crippen molar-refractivity contribution in [2.75, 3.05) is 13.1 Å². The van der Waals surface area contributed by atoms with Crippen molar-refractivity contribution >= 4 is 33.2 Å². The van der Waals surface area contributed by atoms with Crippen LogP contribution in [0, 0.1) is 0 Å². The van der Waals surface area contributed by atoms with Crippen LogP contribution in [0.1, 0.15) is 16.1 Å². The third kappa shape index (κ3) is 3.46. The minimum absolute atomic E-state index is 0.0239. The van der Waals surface area contributed by atoms with E-state index in [9.17, 15) is 4.79 Å². The quantitative estimate of drug-likeness (QED) is 0.810. The van der Waals surface area contributed by atoms with Crippen molar-refractivity contribution < 1.29 is 4.79 Å². The first kappa shape index (κ1) is 10.7. The van der Waals surface area contributed by atoms with Gasteiger partial charge in [0.25, 0.3) is 5.91 Å². The van der Waals surface area contributed by atoms with Crippen LogP contribution in [0.15, 0.2) is 15.9 Å². The van der Waals surface area contributed by atoms with E-state index in [-0.39, 0.29) is 5.91 Å². The molecular formula is C8H11BrN2OS. The van der Waals surface area contributed by atoms with Gasteiger partial charge in [0.15, 0.2) is 0 Å². The molecule has 0 fully saturated rings. The van der Waals surface area contributed by atoms with Gasteiger partial charge in [0.2, 0.25) is 0 Å². The third-order valence-corrected chi connectivity index (χ3v) is 3.15. The van der Waals surface area contributed by atoms with Crippen LogP contribution in [0.2, 0.25) is 0 Å². The Morgan fingerprint density at radius 2 is 2.46 bits per heavy atom. The molecule has 0 aliphatic carbocycles. The van der Waals surface area contributed by atoms with Gasteiger partial charge in [-0.1, -0.05) is 0 Å². The van der Waals surface area contributed by atoms with E-state index < -0.39 is 0 Å². The lowest BCUT2D eigenvalue weighted by Gasteiger charge is -2.00. The molecule has 0 unspecified atom stereocenters. The zero-order valence-electron chi connectivity index (χ0n) is 7.05. The number of halogens is 1. The molecule has 1 amide bonds. The minimum Gasteiger partial charge on any atom is -0.351 e. The van der Waals surface area contributed by atoms with Gasteiger partial charge in [0.1, 0.15) is 0 Å². The summed E-state index contributed by atoms with van der Waals surface area (Å²) < 4.78 is 0.946. The fraction of sp³-hybridized carbons (Fsp3) is 0.375. The van der Waals surface area contributed by atoms with Crippen LogP contribution in [0.3, 0.4) is 0 Å². The summed E-state index contributed by atoms with van der Waals surface area (Å²) in [5.74, 6) is -0.0239. The molecule has 0 aliphatic rings. The predicted octanol–water partition coefficient (Wildman–Crippen LogP) is 1.59. The number of nitrogens with two attached hydrogens (primary N) is 1. The van der Waals surface area contributed by atoms with E-state index >= 15 is 0 Å². The molecule has 0 saturated carbocycles. The molecule has 5 heteroatoms. The van der Waals surface area contributed by atoms with E-state index in [0.29, 0.717) is 13.1 Å². The van der Waals surface area contributed by atoms with Crippen molar-refractivity contribution in [2.24, 2.45) is 5.73 Å². The fourth-order valence-electron chi connectivity index (χ4n) is 0.823. The summed E-state index contributed by atoms with van der Waals surface area (Å²) in [6, 6.07) is 1.81. The van der Waals surface area contributed by atoms with Gasteiger partial charge in [-0.3, -0.25) is 4.79 Å². The molecule has 3 nitrogen and oxygen atoms in total. The Morgan fingerprint density at radius 1 is 1.69 bits per heavy atom. The molecule has 0 saturated heterocycles. The molecule has 0 aromatic carbocycles. The molecule has 1 heterocycles. The Kier molecular flexibility index (Phi) is 4.41. The average Bonchev–Trinajstić information content (AvgIpc) is 2.52. The van der Waals surface area contributed by atoms with Crippen molar-refractivity contribution in [3.8, 4) is 0 Å². The lowest BCUT2D eigenvalue weighted by Crippen LogP contribution is -2.25. The highest BCUT2D eigenvalue weighted by Gasteiger charge is 2.06. The van der Waals surface area contributed by atoms with Crippen LogP contribution in [0.25, 0.3) is 0 Å². The average molecular weight is 263 g/mol. The van der Waals surface area contributed by atoms with Crippen LogP contribution < -0.4 is 11.1 Å². The topological polar surface area (TPSA) is 55.1 Å². The Morgan fingerprint density at radius 3 is 3.00 bits per heavy atom. The maximum absolute atomic E-state index is 11.4. The Labute approximate surface area is 89.5 Å². The van der Waals surface area contributed by atoms with Gasteiger partial charge < -0.3 is 11.1 Å². The predicted molar refractivity (Wildman–Crippen MR) is 58.0 cm³/mol. The molecule has 1 rings (SSSR count). The van der Waals surface area contributed by atoms with Crippen LogP contribution in [0.5, 0.6) is 0 Å². The zero-order chi connectivity index (χ0) is 9.68. The number of carbonyl (C=O) groups excluding carboxylic acids is 1. The third-order valence-electron chi connectivity index (χ3n) is 1.46. The second kappa shape index (κ2) is 5.36. The number of nitrogens with one attached hydrogen (secondary N) is 1. The SMILES string of the molecule is NCCCNC(=O)c1cc(Br)cs1. The van der Waals surface area contributed by atoms with Gasteiger partial charge in [-0.2, -0.15) is 0 Å². The largest absolute Gasteiger partial charge is 0.351 e. The highest BCUT2D eigenvalue weighted by Crippen LogP contribution is 2.19. The maximum atomic E-state index is 11.4. The van der Waals surface area contributed by atoms with Crippen LogP contribution in [-0.4, -0.2) is 19.0 Å². The number of amides is 1. The lowest BCUT2D eigenvalue weighted by molar-refractivity contribution is 0.0957. The van der Waals surface area contributed by atoms with E-state index in [1.54, 1.807) is 0 Å². The molecule has 3 N–H and O–H groups in total. The minimum atomic E-state index is -0.0239. The fourth-order valence-corrected chi connectivity index (χ4v) is 2.17. The van der Waals surface area contributed by atoms with E-state index in [1.165, 1.54) is 11.3 Å². The normalized spacial score (nSPS) is 10.0. The summed E-state index contributed by atoms with van der Waals surface area (Å²) in [4.78, 5) is 12.1. The molecule has 1 aromatic rings. The second-order valence-corrected chi connectivity index (χ2v) is 4.35. The number of hydrogen-bond acceptors (Lipinski definition) is 3. The van der Waals surface area contributed by atoms with Gasteiger partial charge in [0.05, 0.1) is 4.88 Å². The first-order chi connectivity index (χ1) is 6.24. The lowest BCUT2D eigenvalue weighted by atomic mass is 10.4. The maximum Gasteiger partial charge on any atom is 0.261 e. The van der Waals surface area contributed by atoms with Crippen molar-refractivity contribution in [3.05, 3.63) is 20.8 Å². The molecule has 1 aromatic heterocycles. The molecule has 13 heavy (non-hydrogen) atoms. The summed E-state index contributed by atoms with van der Waals surface area (Å²) in [6.07, 6.45) is 0.818. The summed E-state index contributed by atoms with van der Waals surface area (Å²) in [7, 11) is 0. The summed E-state index contributed by atoms with van der Waals surface area (Å²) in [6.45, 7) is 1.25. The smallest absolute Gasteiger partial charge is 0.261 e. The van der Waals surface area contributed by atoms with Crippen LogP contribution in [0.4, 0.5) is 0 Å². The zero-order valence-corrected chi connectivity index (χ0v) is 9.45. The standard InChI is InChI=1S/C8H11BrN2OS/c9-6-4-7(13-5-6)8(12)11-3-1-2-10/h4-5H,1-3,10H2,(H,11,12). The summed E-state index contributed by atoms with van der Waals surface area (Å²) in [5, 5.41) is 4.67. The molecule has 0 bridgehead atoms. The molecular weight excluding hydrogens is 252 g/mol. The van der Waals surface area contributed by atoms with Crippen molar-refractivity contribution in [1.82, 2.24) is 5.32 Å². The van der Waals surface area contributed by atoms with Crippen molar-refractivity contribution in [2.45, 2.75) is 6.42 Å². The van der Waals surface area contributed by atoms with Gasteiger partial charge >= 0.3 is 0 Å². The van der Waals surface area contributed by atoms with E-state index in [4.69, 9.17) is 5.73 Å². The first-order valence-corrected chi connectivity index (χ1v) is 5.63. The number of thiophene rings is 1. The molecule has 0 aliphatic heterocycles. The van der Waals surface area contributed by atoms with Gasteiger partial charge in [-0.05, 0) is 35.0 Å². The van der Waals surface area contributed by atoms with E-state index in [1.807, 2.05) is 11.4 Å². The summed E-state index contributed by atoms with van der Waals surface area (Å²) in [5.41, 5.74) is 5.30. The van der Waals surface area contributed by atoms with E-state index in [0.717, 1.165) is 15.8 Å². The molecule has 0 spiro atoms. The highest BCUT2D eigenvalue weighted by molar-refractivity contribution is 9.10. The Bertz CT molecular complexity index is 287. The van der Waals surface area contributed by atoms with Gasteiger partial charge in [0, 0.05) is 16.4 Å². The number of rotatable bonds is 4. The van der Waals surface area contributed by atoms with E-state index in [2.05, 4.69) is 21.2 Å². The van der Waals surface area contributed by atoms with Crippen LogP contribution in [-0.2, 0) is 0 Å². The van der Waals surface area contributed by atoms with Crippen LogP contribution >= 0.6 is 27.3 Å². The summed E-state index contributed by atoms with van der Waals surface area (Å²) >= 11 is 4.72. The monoisotopic (exact) mass is 262 g/mol. The molecule has 0 atom stereocenters. The Hall–Kier alpha value is -0.390. The molecule has 0 radical (unpaired) electrons. The first-order valence-electron chi connectivity index (χ1n) is 3.96. The number of carbonyl (C=O) groups is 1. The van der Waals surface area contributed by atoms with Gasteiger partial charge in [-0.15, -0.1) is 11.3 Å². The number of hydrogen-bond donors (Lipinski definition) is 2. The van der Waals surface area contributed by atoms with Crippen molar-refractivity contribution in [3.63, 3.8) is 0 Å².